The third kappa shape index (κ3) is 2.27. The minimum atomic E-state index is -0.548. The molecule has 0 unspecified atom stereocenters. The molecule has 0 aliphatic carbocycles. The lowest BCUT2D eigenvalue weighted by atomic mass is 10.1. The number of nitrogens with two attached hydrogens (primary N) is 1. The summed E-state index contributed by atoms with van der Waals surface area (Å²) in [6.07, 6.45) is 1.11. The first kappa shape index (κ1) is 9.64. The van der Waals surface area contributed by atoms with Crippen molar-refractivity contribution in [3.05, 3.63) is 28.5 Å². The van der Waals surface area contributed by atoms with E-state index >= 15 is 0 Å². The number of halogens is 1. The van der Waals surface area contributed by atoms with Crippen molar-refractivity contribution >= 4 is 15.9 Å². The maximum Gasteiger partial charge on any atom is 0.106 e. The lowest BCUT2D eigenvalue weighted by Crippen LogP contribution is -2.23. The van der Waals surface area contributed by atoms with Crippen LogP contribution in [0.25, 0.3) is 0 Å². The summed E-state index contributed by atoms with van der Waals surface area (Å²) in [5, 5.41) is 9.18. The first-order valence-corrected chi connectivity index (χ1v) is 4.45. The Kier molecular flexibility index (Phi) is 3.20. The molecular weight excluding hydrogens is 220 g/mol. The van der Waals surface area contributed by atoms with Gasteiger partial charge in [-0.2, -0.15) is 0 Å². The Bertz CT molecular complexity index is 248. The van der Waals surface area contributed by atoms with Crippen LogP contribution in [0.1, 0.15) is 18.5 Å². The molecule has 0 fully saturated rings. The van der Waals surface area contributed by atoms with Gasteiger partial charge < -0.3 is 10.8 Å². The summed E-state index contributed by atoms with van der Waals surface area (Å²) in [6, 6.07) is 3.29. The Morgan fingerprint density at radius 2 is 2.25 bits per heavy atom. The number of aliphatic hydroxyl groups is 1. The highest BCUT2D eigenvalue weighted by molar-refractivity contribution is 9.10. The quantitative estimate of drug-likeness (QED) is 0.752. The molecular formula is C8H11BrN2O. The number of rotatable bonds is 2. The number of pyridine rings is 1. The fourth-order valence-electron chi connectivity index (χ4n) is 0.863. The van der Waals surface area contributed by atoms with E-state index in [-0.39, 0.29) is 6.04 Å². The molecule has 0 saturated heterocycles. The van der Waals surface area contributed by atoms with Gasteiger partial charge in [0.1, 0.15) is 4.60 Å². The van der Waals surface area contributed by atoms with E-state index < -0.39 is 6.10 Å². The van der Waals surface area contributed by atoms with Crippen molar-refractivity contribution in [1.82, 2.24) is 4.98 Å². The largest absolute Gasteiger partial charge is 0.391 e. The summed E-state index contributed by atoms with van der Waals surface area (Å²) >= 11 is 3.22. The Morgan fingerprint density at radius 3 is 2.67 bits per heavy atom. The summed E-state index contributed by atoms with van der Waals surface area (Å²) in [4.78, 5) is 4.01. The van der Waals surface area contributed by atoms with Crippen LogP contribution in [0.3, 0.4) is 0 Å². The van der Waals surface area contributed by atoms with Crippen molar-refractivity contribution in [2.75, 3.05) is 0 Å². The Balaban J connectivity index is 2.82. The van der Waals surface area contributed by atoms with Gasteiger partial charge in [-0.15, -0.1) is 0 Å². The Labute approximate surface area is 79.7 Å². The lowest BCUT2D eigenvalue weighted by molar-refractivity contribution is 0.164. The number of hydrogen-bond acceptors (Lipinski definition) is 3. The van der Waals surface area contributed by atoms with Crippen LogP contribution >= 0.6 is 15.9 Å². The maximum absolute atomic E-state index is 9.18. The molecule has 1 rings (SSSR count). The minimum Gasteiger partial charge on any atom is -0.391 e. The van der Waals surface area contributed by atoms with Gasteiger partial charge in [-0.1, -0.05) is 6.07 Å². The smallest absolute Gasteiger partial charge is 0.106 e. The van der Waals surface area contributed by atoms with Crippen LogP contribution in [0.15, 0.2) is 22.9 Å². The van der Waals surface area contributed by atoms with Crippen LogP contribution in [-0.4, -0.2) is 16.2 Å². The van der Waals surface area contributed by atoms with Gasteiger partial charge in [0.15, 0.2) is 0 Å². The van der Waals surface area contributed by atoms with Crippen LogP contribution < -0.4 is 5.73 Å². The maximum atomic E-state index is 9.18. The number of nitrogens with zero attached hydrogens (tertiary/aromatic N) is 1. The summed E-state index contributed by atoms with van der Waals surface area (Å²) in [7, 11) is 0. The molecule has 0 bridgehead atoms. The van der Waals surface area contributed by atoms with E-state index in [1.165, 1.54) is 0 Å². The normalized spacial score (nSPS) is 15.7. The molecule has 66 valence electrons. The molecule has 0 saturated carbocycles. The van der Waals surface area contributed by atoms with E-state index in [1.54, 1.807) is 19.2 Å². The monoisotopic (exact) mass is 230 g/mol. The second-order valence-electron chi connectivity index (χ2n) is 2.68. The van der Waals surface area contributed by atoms with E-state index in [0.717, 1.165) is 10.2 Å². The van der Waals surface area contributed by atoms with Gasteiger partial charge in [-0.3, -0.25) is 0 Å². The Morgan fingerprint density at radius 1 is 1.58 bits per heavy atom. The van der Waals surface area contributed by atoms with Crippen molar-refractivity contribution in [2.45, 2.75) is 19.1 Å². The molecule has 0 aliphatic heterocycles. The molecule has 1 heterocycles. The third-order valence-electron chi connectivity index (χ3n) is 1.65. The van der Waals surface area contributed by atoms with Gasteiger partial charge in [0, 0.05) is 6.20 Å². The molecule has 0 radical (unpaired) electrons. The average Bonchev–Trinajstić information content (AvgIpc) is 2.04. The molecule has 3 nitrogen and oxygen atoms in total. The zero-order chi connectivity index (χ0) is 9.14. The zero-order valence-electron chi connectivity index (χ0n) is 6.74. The van der Waals surface area contributed by atoms with E-state index in [4.69, 9.17) is 5.73 Å². The minimum absolute atomic E-state index is 0.356. The molecule has 0 aliphatic rings. The topological polar surface area (TPSA) is 59.1 Å². The van der Waals surface area contributed by atoms with Crippen molar-refractivity contribution in [3.63, 3.8) is 0 Å². The zero-order valence-corrected chi connectivity index (χ0v) is 8.32. The molecule has 2 atom stereocenters. The predicted octanol–water partition coefficient (Wildman–Crippen LogP) is 1.22. The lowest BCUT2D eigenvalue weighted by Gasteiger charge is -2.13. The summed E-state index contributed by atoms with van der Waals surface area (Å²) in [6.45, 7) is 1.66. The first-order valence-electron chi connectivity index (χ1n) is 3.66. The summed E-state index contributed by atoms with van der Waals surface area (Å²) in [5.74, 6) is 0. The van der Waals surface area contributed by atoms with Gasteiger partial charge >= 0.3 is 0 Å². The molecule has 1 aromatic heterocycles. The van der Waals surface area contributed by atoms with Gasteiger partial charge in [-0.05, 0) is 34.5 Å². The van der Waals surface area contributed by atoms with E-state index in [0.29, 0.717) is 0 Å². The molecule has 1 aromatic rings. The third-order valence-corrected chi connectivity index (χ3v) is 2.12. The van der Waals surface area contributed by atoms with Gasteiger partial charge in [-0.25, -0.2) is 4.98 Å². The van der Waals surface area contributed by atoms with Crippen molar-refractivity contribution in [3.8, 4) is 0 Å². The summed E-state index contributed by atoms with van der Waals surface area (Å²) < 4.78 is 0.768. The van der Waals surface area contributed by atoms with Crippen LogP contribution in [-0.2, 0) is 0 Å². The van der Waals surface area contributed by atoms with Gasteiger partial charge in [0.25, 0.3) is 0 Å². The standard InChI is InChI=1S/C8H11BrN2O/c1-5(12)8(10)6-2-3-7(9)11-4-6/h2-5,8,12H,10H2,1H3/t5-,8-/m0/s1. The highest BCUT2D eigenvalue weighted by Crippen LogP contribution is 2.14. The molecule has 0 amide bonds. The SMILES string of the molecule is C[C@H](O)[C@H](N)c1ccc(Br)nc1. The first-order chi connectivity index (χ1) is 5.61. The molecule has 0 aromatic carbocycles. The molecule has 4 heteroatoms. The van der Waals surface area contributed by atoms with E-state index in [1.807, 2.05) is 6.07 Å². The second-order valence-corrected chi connectivity index (χ2v) is 3.49. The van der Waals surface area contributed by atoms with Gasteiger partial charge in [0.2, 0.25) is 0 Å². The highest BCUT2D eigenvalue weighted by Gasteiger charge is 2.11. The number of aromatic nitrogens is 1. The highest BCUT2D eigenvalue weighted by atomic mass is 79.9. The number of hydrogen-bond donors (Lipinski definition) is 2. The molecule has 12 heavy (non-hydrogen) atoms. The van der Waals surface area contributed by atoms with Crippen molar-refractivity contribution in [1.29, 1.82) is 0 Å². The second kappa shape index (κ2) is 3.98. The fourth-order valence-corrected chi connectivity index (χ4v) is 1.10. The van der Waals surface area contributed by atoms with Crippen LogP contribution in [0.2, 0.25) is 0 Å². The van der Waals surface area contributed by atoms with Gasteiger partial charge in [0.05, 0.1) is 12.1 Å². The van der Waals surface area contributed by atoms with Crippen LogP contribution in [0.5, 0.6) is 0 Å². The average molecular weight is 231 g/mol. The summed E-state index contributed by atoms with van der Waals surface area (Å²) in [5.41, 5.74) is 6.52. The molecule has 3 N–H and O–H groups in total. The van der Waals surface area contributed by atoms with Crippen LogP contribution in [0, 0.1) is 0 Å². The van der Waals surface area contributed by atoms with Crippen molar-refractivity contribution in [2.24, 2.45) is 5.73 Å². The Hall–Kier alpha value is -0.450. The predicted molar refractivity (Wildman–Crippen MR) is 50.5 cm³/mol. The number of aliphatic hydroxyl groups excluding tert-OH is 1. The van der Waals surface area contributed by atoms with E-state index in [2.05, 4.69) is 20.9 Å². The van der Waals surface area contributed by atoms with Crippen molar-refractivity contribution < 1.29 is 5.11 Å². The van der Waals surface area contributed by atoms with Crippen LogP contribution in [0.4, 0.5) is 0 Å². The molecule has 0 spiro atoms. The van der Waals surface area contributed by atoms with E-state index in [9.17, 15) is 5.11 Å². The fraction of sp³-hybridized carbons (Fsp3) is 0.375.